The standard InChI is InChI=1S/C44H26N16/c1-7-19-45-28(13-1)36-39(31-16-4-10-22-48-31)55-58-42(52-36)27-25-34(43-53-37(29-14-2-8-20-46-29)40(56-59-43)32-17-5-11-23-49-32)51-35(26-27)44-54-38(30-15-3-9-21-47-30)41(57-60-44)33-18-6-12-24-50-33/h1-26H. The van der Waals surface area contributed by atoms with Gasteiger partial charge < -0.3 is 0 Å². The Labute approximate surface area is 340 Å². The van der Waals surface area contributed by atoms with Gasteiger partial charge in [0.05, 0.1) is 34.2 Å². The molecular formula is C44H26N16. The summed E-state index contributed by atoms with van der Waals surface area (Å²) in [6, 6.07) is 36.8. The van der Waals surface area contributed by atoms with E-state index in [1.807, 2.05) is 109 Å². The van der Waals surface area contributed by atoms with Gasteiger partial charge in [0.15, 0.2) is 5.82 Å². The highest BCUT2D eigenvalue weighted by Crippen LogP contribution is 2.34. The van der Waals surface area contributed by atoms with E-state index in [4.69, 9.17) is 19.9 Å². The highest BCUT2D eigenvalue weighted by atomic mass is 15.2. The van der Waals surface area contributed by atoms with Crippen molar-refractivity contribution in [2.75, 3.05) is 0 Å². The Hall–Kier alpha value is -8.92. The Morgan fingerprint density at radius 3 is 0.817 bits per heavy atom. The van der Waals surface area contributed by atoms with Crippen LogP contribution >= 0.6 is 0 Å². The normalized spacial score (nSPS) is 11.0. The lowest BCUT2D eigenvalue weighted by Gasteiger charge is -2.12. The first-order valence-corrected chi connectivity index (χ1v) is 18.5. The van der Waals surface area contributed by atoms with Gasteiger partial charge in [0.25, 0.3) is 0 Å². The fourth-order valence-electron chi connectivity index (χ4n) is 6.28. The fraction of sp³-hybridized carbons (Fsp3) is 0. The van der Waals surface area contributed by atoms with Crippen LogP contribution in [0, 0.1) is 0 Å². The molecule has 0 radical (unpaired) electrons. The van der Waals surface area contributed by atoms with Crippen molar-refractivity contribution in [3.8, 4) is 103 Å². The van der Waals surface area contributed by atoms with Gasteiger partial charge >= 0.3 is 0 Å². The molecule has 0 amide bonds. The molecule has 10 heterocycles. The first-order chi connectivity index (χ1) is 29.7. The van der Waals surface area contributed by atoms with Gasteiger partial charge in [-0.1, -0.05) is 36.4 Å². The minimum absolute atomic E-state index is 0.185. The van der Waals surface area contributed by atoms with E-state index in [1.54, 1.807) is 49.3 Å². The second-order valence-corrected chi connectivity index (χ2v) is 12.9. The van der Waals surface area contributed by atoms with Crippen LogP contribution in [0.15, 0.2) is 159 Å². The van der Waals surface area contributed by atoms with Crippen LogP contribution in [0.3, 0.4) is 0 Å². The topological polar surface area (TPSA) is 206 Å². The predicted octanol–water partition coefficient (Wildman–Crippen LogP) is 7.01. The fourth-order valence-corrected chi connectivity index (χ4v) is 6.28. The van der Waals surface area contributed by atoms with E-state index in [9.17, 15) is 0 Å². The minimum atomic E-state index is 0.185. The molecular weight excluding hydrogens is 753 g/mol. The second-order valence-electron chi connectivity index (χ2n) is 12.9. The van der Waals surface area contributed by atoms with Crippen LogP contribution in [-0.2, 0) is 0 Å². The predicted molar refractivity (Wildman–Crippen MR) is 220 cm³/mol. The Kier molecular flexibility index (Phi) is 9.41. The van der Waals surface area contributed by atoms with Gasteiger partial charge in [-0.05, 0) is 84.9 Å². The molecule has 0 saturated heterocycles. The minimum Gasteiger partial charge on any atom is -0.255 e. The van der Waals surface area contributed by atoms with Gasteiger partial charge in [-0.2, -0.15) is 0 Å². The zero-order valence-electron chi connectivity index (χ0n) is 31.2. The summed E-state index contributed by atoms with van der Waals surface area (Å²) in [6.45, 7) is 0. The van der Waals surface area contributed by atoms with Gasteiger partial charge in [-0.15, -0.1) is 30.6 Å². The van der Waals surface area contributed by atoms with Crippen molar-refractivity contribution in [1.29, 1.82) is 0 Å². The molecule has 0 unspecified atom stereocenters. The SMILES string of the molecule is c1ccc(-c2nnc(-c3cc(-c4nnc(-c5ccccn5)c(-c5ccccn5)n4)nc(-c4nnc(-c5ccccn5)c(-c5ccccn5)n4)c3)nc2-c2ccccn2)nc1. The molecule has 0 aliphatic heterocycles. The molecule has 0 N–H and O–H groups in total. The summed E-state index contributed by atoms with van der Waals surface area (Å²) in [5.41, 5.74) is 7.35. The highest BCUT2D eigenvalue weighted by molar-refractivity contribution is 5.79. The number of hydrogen-bond acceptors (Lipinski definition) is 16. The van der Waals surface area contributed by atoms with Gasteiger partial charge in [0.2, 0.25) is 11.6 Å². The third-order valence-electron chi connectivity index (χ3n) is 9.05. The number of nitrogens with zero attached hydrogens (tertiary/aromatic N) is 16. The molecule has 16 heteroatoms. The lowest BCUT2D eigenvalue weighted by molar-refractivity contribution is 0.956. The second kappa shape index (κ2) is 15.9. The molecule has 0 atom stereocenters. The van der Waals surface area contributed by atoms with Crippen LogP contribution in [0.2, 0.25) is 0 Å². The van der Waals surface area contributed by atoms with Crippen molar-refractivity contribution < 1.29 is 0 Å². The number of aromatic nitrogens is 16. The molecule has 0 aliphatic carbocycles. The summed E-state index contributed by atoms with van der Waals surface area (Å²) in [6.07, 6.45) is 10.1. The van der Waals surface area contributed by atoms with Crippen molar-refractivity contribution in [1.82, 2.24) is 80.4 Å². The van der Waals surface area contributed by atoms with Crippen LogP contribution < -0.4 is 0 Å². The van der Waals surface area contributed by atoms with E-state index in [0.29, 0.717) is 85.3 Å². The maximum absolute atomic E-state index is 5.04. The Bertz CT molecular complexity index is 2730. The maximum Gasteiger partial charge on any atom is 0.201 e. The number of hydrogen-bond donors (Lipinski definition) is 0. The monoisotopic (exact) mass is 778 g/mol. The van der Waals surface area contributed by atoms with E-state index in [1.165, 1.54) is 0 Å². The molecule has 0 bridgehead atoms. The molecule has 0 spiro atoms. The van der Waals surface area contributed by atoms with Crippen LogP contribution in [-0.4, -0.2) is 80.4 Å². The summed E-state index contributed by atoms with van der Waals surface area (Å²) >= 11 is 0. The van der Waals surface area contributed by atoms with Crippen molar-refractivity contribution in [2.24, 2.45) is 0 Å². The van der Waals surface area contributed by atoms with Crippen LogP contribution in [0.4, 0.5) is 0 Å². The van der Waals surface area contributed by atoms with Gasteiger partial charge in [0.1, 0.15) is 45.6 Å². The average Bonchev–Trinajstić information content (AvgIpc) is 3.35. The summed E-state index contributed by atoms with van der Waals surface area (Å²) in [5.74, 6) is 0.625. The van der Waals surface area contributed by atoms with E-state index < -0.39 is 0 Å². The lowest BCUT2D eigenvalue weighted by Crippen LogP contribution is -2.06. The molecule has 60 heavy (non-hydrogen) atoms. The Morgan fingerprint density at radius 1 is 0.233 bits per heavy atom. The highest BCUT2D eigenvalue weighted by Gasteiger charge is 2.23. The Balaban J connectivity index is 1.19. The van der Waals surface area contributed by atoms with Crippen molar-refractivity contribution in [3.63, 3.8) is 0 Å². The zero-order chi connectivity index (χ0) is 40.1. The maximum atomic E-state index is 5.04. The van der Waals surface area contributed by atoms with Crippen molar-refractivity contribution in [2.45, 2.75) is 0 Å². The first-order valence-electron chi connectivity index (χ1n) is 18.5. The quantitative estimate of drug-likeness (QED) is 0.144. The van der Waals surface area contributed by atoms with Crippen molar-refractivity contribution in [3.05, 3.63) is 159 Å². The van der Waals surface area contributed by atoms with E-state index in [0.717, 1.165) is 0 Å². The molecule has 0 fully saturated rings. The van der Waals surface area contributed by atoms with E-state index >= 15 is 0 Å². The largest absolute Gasteiger partial charge is 0.255 e. The smallest absolute Gasteiger partial charge is 0.201 e. The molecule has 10 aromatic heterocycles. The molecule has 10 rings (SSSR count). The first kappa shape index (κ1) is 35.5. The third kappa shape index (κ3) is 7.14. The summed E-state index contributed by atoms with van der Waals surface area (Å²) in [4.78, 5) is 47.4. The zero-order valence-corrected chi connectivity index (χ0v) is 31.2. The molecule has 0 aromatic carbocycles. The molecule has 10 aromatic rings. The Morgan fingerprint density at radius 2 is 0.517 bits per heavy atom. The third-order valence-corrected chi connectivity index (χ3v) is 9.05. The van der Waals surface area contributed by atoms with Crippen LogP contribution in [0.25, 0.3) is 103 Å². The van der Waals surface area contributed by atoms with Crippen LogP contribution in [0.1, 0.15) is 0 Å². The lowest BCUT2D eigenvalue weighted by atomic mass is 10.1. The van der Waals surface area contributed by atoms with E-state index in [2.05, 4.69) is 60.5 Å². The molecule has 0 aliphatic rings. The van der Waals surface area contributed by atoms with Gasteiger partial charge in [-0.25, -0.2) is 19.9 Å². The van der Waals surface area contributed by atoms with Crippen molar-refractivity contribution >= 4 is 0 Å². The van der Waals surface area contributed by atoms with Gasteiger partial charge in [-0.3, -0.25) is 29.9 Å². The van der Waals surface area contributed by atoms with Gasteiger partial charge in [0, 0.05) is 42.7 Å². The summed E-state index contributed by atoms with van der Waals surface area (Å²) in [5, 5.41) is 27.7. The van der Waals surface area contributed by atoms with Crippen LogP contribution in [0.5, 0.6) is 0 Å². The summed E-state index contributed by atoms with van der Waals surface area (Å²) < 4.78 is 0. The molecule has 0 saturated carbocycles. The molecule has 16 nitrogen and oxygen atoms in total. The van der Waals surface area contributed by atoms with E-state index in [-0.39, 0.29) is 17.5 Å². The number of rotatable bonds is 9. The number of pyridine rings is 7. The average molecular weight is 779 g/mol. The molecule has 282 valence electrons. The summed E-state index contributed by atoms with van der Waals surface area (Å²) in [7, 11) is 0.